The lowest BCUT2D eigenvalue weighted by Crippen LogP contribution is -2.46. The van der Waals surface area contributed by atoms with Crippen LogP contribution in [-0.2, 0) is 19.6 Å². The van der Waals surface area contributed by atoms with E-state index in [1.165, 1.54) is 11.1 Å². The first-order valence-electron chi connectivity index (χ1n) is 12.4. The molecule has 2 aromatic carbocycles. The Morgan fingerprint density at radius 1 is 0.943 bits per heavy atom. The zero-order valence-corrected chi connectivity index (χ0v) is 20.5. The van der Waals surface area contributed by atoms with Gasteiger partial charge in [-0.2, -0.15) is 5.10 Å². The van der Waals surface area contributed by atoms with Gasteiger partial charge >= 0.3 is 0 Å². The van der Waals surface area contributed by atoms with E-state index in [0.717, 1.165) is 81.7 Å². The van der Waals surface area contributed by atoms with Crippen LogP contribution in [0.1, 0.15) is 16.7 Å². The van der Waals surface area contributed by atoms with Crippen molar-refractivity contribution in [1.29, 1.82) is 0 Å². The summed E-state index contributed by atoms with van der Waals surface area (Å²) in [7, 11) is 1.68. The van der Waals surface area contributed by atoms with Gasteiger partial charge in [0.15, 0.2) is 0 Å². The van der Waals surface area contributed by atoms with Crippen LogP contribution < -0.4 is 9.47 Å². The number of hydrogen-bond donors (Lipinski definition) is 1. The Balaban J connectivity index is 1.23. The van der Waals surface area contributed by atoms with Gasteiger partial charge < -0.3 is 14.6 Å². The fourth-order valence-electron chi connectivity index (χ4n) is 4.96. The fourth-order valence-corrected chi connectivity index (χ4v) is 4.96. The number of aliphatic hydroxyl groups excluding tert-OH is 1. The van der Waals surface area contributed by atoms with Crippen LogP contribution >= 0.6 is 0 Å². The third-order valence-corrected chi connectivity index (χ3v) is 6.85. The number of aliphatic hydroxyl groups is 1. The quantitative estimate of drug-likeness (QED) is 0.534. The van der Waals surface area contributed by atoms with Crippen molar-refractivity contribution in [3.8, 4) is 17.2 Å². The molecule has 0 spiro atoms. The Hall–Kier alpha value is -2.91. The molecule has 0 unspecified atom stereocenters. The summed E-state index contributed by atoms with van der Waals surface area (Å²) in [6, 6.07) is 14.6. The summed E-state index contributed by atoms with van der Waals surface area (Å²) in [5.41, 5.74) is 4.67. The molecule has 1 N–H and O–H groups in total. The second kappa shape index (κ2) is 11.2. The predicted octanol–water partition coefficient (Wildman–Crippen LogP) is 2.39. The number of rotatable bonds is 8. The van der Waals surface area contributed by atoms with Crippen LogP contribution in [0, 0.1) is 0 Å². The summed E-state index contributed by atoms with van der Waals surface area (Å²) < 4.78 is 13.5. The van der Waals surface area contributed by atoms with Gasteiger partial charge in [-0.15, -0.1) is 0 Å². The number of fused-ring (bicyclic) bond motifs is 1. The lowest BCUT2D eigenvalue weighted by Gasteiger charge is -2.34. The van der Waals surface area contributed by atoms with Crippen molar-refractivity contribution in [2.75, 3.05) is 59.6 Å². The summed E-state index contributed by atoms with van der Waals surface area (Å²) in [4.78, 5) is 7.25. The van der Waals surface area contributed by atoms with Crippen LogP contribution in [0.3, 0.4) is 0 Å². The number of piperazine rings is 1. The molecule has 0 bridgehead atoms. The number of benzene rings is 2. The first kappa shape index (κ1) is 23.8. The van der Waals surface area contributed by atoms with Crippen LogP contribution in [0.4, 0.5) is 0 Å². The summed E-state index contributed by atoms with van der Waals surface area (Å²) in [5.74, 6) is 1.80. The van der Waals surface area contributed by atoms with E-state index in [4.69, 9.17) is 14.6 Å². The highest BCUT2D eigenvalue weighted by atomic mass is 16.5. The Morgan fingerprint density at radius 3 is 2.57 bits per heavy atom. The molecular formula is C27H35N5O3. The summed E-state index contributed by atoms with van der Waals surface area (Å²) in [5, 5.41) is 13.7. The Morgan fingerprint density at radius 2 is 1.74 bits per heavy atom. The first-order valence-corrected chi connectivity index (χ1v) is 12.4. The molecule has 0 aliphatic carbocycles. The van der Waals surface area contributed by atoms with Gasteiger partial charge in [0.25, 0.3) is 0 Å². The third-order valence-electron chi connectivity index (χ3n) is 6.85. The van der Waals surface area contributed by atoms with E-state index in [1.54, 1.807) is 7.11 Å². The minimum absolute atomic E-state index is 0.239. The summed E-state index contributed by atoms with van der Waals surface area (Å²) in [6.45, 7) is 9.30. The third kappa shape index (κ3) is 5.85. The zero-order chi connectivity index (χ0) is 24.0. The zero-order valence-electron chi connectivity index (χ0n) is 20.5. The second-order valence-corrected chi connectivity index (χ2v) is 9.31. The topological polar surface area (TPSA) is 66.2 Å². The largest absolute Gasteiger partial charge is 0.494 e. The molecule has 0 atom stereocenters. The molecule has 186 valence electrons. The van der Waals surface area contributed by atoms with E-state index in [0.29, 0.717) is 6.61 Å². The number of nitrogens with zero attached hydrogens (tertiary/aromatic N) is 5. The molecule has 35 heavy (non-hydrogen) atoms. The monoisotopic (exact) mass is 477 g/mol. The maximum Gasteiger partial charge on any atom is 0.144 e. The molecule has 3 heterocycles. The first-order chi connectivity index (χ1) is 17.2. The number of β-amino-alcohol motifs (C(OH)–C–C–N with tert-alkyl or cyclic N) is 1. The number of aromatic nitrogens is 2. The van der Waals surface area contributed by atoms with E-state index in [-0.39, 0.29) is 6.61 Å². The molecule has 2 aliphatic rings. The van der Waals surface area contributed by atoms with Crippen molar-refractivity contribution in [2.24, 2.45) is 0 Å². The van der Waals surface area contributed by atoms with Gasteiger partial charge in [-0.3, -0.25) is 14.7 Å². The smallest absolute Gasteiger partial charge is 0.144 e. The van der Waals surface area contributed by atoms with Gasteiger partial charge in [-0.25, -0.2) is 4.68 Å². The van der Waals surface area contributed by atoms with E-state index < -0.39 is 0 Å². The van der Waals surface area contributed by atoms with Gasteiger partial charge in [0.05, 0.1) is 19.9 Å². The van der Waals surface area contributed by atoms with Crippen LogP contribution in [0.5, 0.6) is 11.5 Å². The van der Waals surface area contributed by atoms with Crippen LogP contribution in [0.2, 0.25) is 0 Å². The van der Waals surface area contributed by atoms with E-state index in [9.17, 15) is 0 Å². The highest BCUT2D eigenvalue weighted by Crippen LogP contribution is 2.27. The Bertz CT molecular complexity index is 1110. The minimum atomic E-state index is 0.239. The molecule has 1 saturated heterocycles. The van der Waals surface area contributed by atoms with Gasteiger partial charge in [0.1, 0.15) is 23.8 Å². The van der Waals surface area contributed by atoms with Crippen molar-refractivity contribution in [3.63, 3.8) is 0 Å². The maximum absolute atomic E-state index is 9.16. The molecule has 5 rings (SSSR count). The molecule has 8 nitrogen and oxygen atoms in total. The molecule has 1 fully saturated rings. The molecule has 0 amide bonds. The molecule has 0 saturated carbocycles. The summed E-state index contributed by atoms with van der Waals surface area (Å²) >= 11 is 0. The maximum atomic E-state index is 9.16. The lowest BCUT2D eigenvalue weighted by molar-refractivity contribution is 0.108. The molecule has 3 aromatic rings. The Labute approximate surface area is 207 Å². The highest BCUT2D eigenvalue weighted by molar-refractivity contribution is 5.46. The van der Waals surface area contributed by atoms with Gasteiger partial charge in [0, 0.05) is 76.2 Å². The van der Waals surface area contributed by atoms with Gasteiger partial charge in [-0.05, 0) is 29.8 Å². The molecule has 0 radical (unpaired) electrons. The van der Waals surface area contributed by atoms with Crippen molar-refractivity contribution in [3.05, 3.63) is 71.5 Å². The summed E-state index contributed by atoms with van der Waals surface area (Å²) in [6.07, 6.45) is 4.02. The molecule has 1 aromatic heterocycles. The molecule has 8 heteroatoms. The normalized spacial score (nSPS) is 17.5. The predicted molar refractivity (Wildman–Crippen MR) is 135 cm³/mol. The molecule has 2 aliphatic heterocycles. The van der Waals surface area contributed by atoms with E-state index in [2.05, 4.69) is 44.2 Å². The van der Waals surface area contributed by atoms with E-state index >= 15 is 0 Å². The fraction of sp³-hybridized carbons (Fsp3) is 0.444. The van der Waals surface area contributed by atoms with Crippen LogP contribution in [0.25, 0.3) is 5.69 Å². The number of hydrogen-bond acceptors (Lipinski definition) is 7. The van der Waals surface area contributed by atoms with Crippen molar-refractivity contribution >= 4 is 0 Å². The van der Waals surface area contributed by atoms with Gasteiger partial charge in [0.2, 0.25) is 0 Å². The Kier molecular flexibility index (Phi) is 7.63. The van der Waals surface area contributed by atoms with Crippen molar-refractivity contribution in [2.45, 2.75) is 19.6 Å². The van der Waals surface area contributed by atoms with Crippen LogP contribution in [0.15, 0.2) is 54.9 Å². The van der Waals surface area contributed by atoms with Crippen molar-refractivity contribution < 1.29 is 14.6 Å². The van der Waals surface area contributed by atoms with E-state index in [1.807, 2.05) is 35.1 Å². The highest BCUT2D eigenvalue weighted by Gasteiger charge is 2.20. The molecular weight excluding hydrogens is 442 g/mol. The number of methoxy groups -OCH3 is 1. The standard InChI is InChI=1S/C27H35N5O3/c1-34-27-5-3-2-4-25(27)32-20-23(17-28-32)19-31-13-15-35-26-7-6-22(16-24(26)21-31)18-30-10-8-29(9-11-30)12-14-33/h2-7,16-17,20,33H,8-15,18-19,21H2,1H3. The second-order valence-electron chi connectivity index (χ2n) is 9.31. The average molecular weight is 478 g/mol. The lowest BCUT2D eigenvalue weighted by atomic mass is 10.1. The SMILES string of the molecule is COc1ccccc1-n1cc(CN2CCOc3ccc(CN4CCN(CCO)CC4)cc3C2)cn1. The minimum Gasteiger partial charge on any atom is -0.494 e. The van der Waals surface area contributed by atoms with Crippen LogP contribution in [-0.4, -0.2) is 89.2 Å². The number of para-hydroxylation sites is 2. The van der Waals surface area contributed by atoms with Gasteiger partial charge in [-0.1, -0.05) is 18.2 Å². The number of ether oxygens (including phenoxy) is 2. The van der Waals surface area contributed by atoms with Crippen molar-refractivity contribution in [1.82, 2.24) is 24.5 Å². The average Bonchev–Trinajstić information content (AvgIpc) is 3.25.